The zero-order chi connectivity index (χ0) is 18.2. The number of urea groups is 1. The minimum Gasteiger partial charge on any atom is -0.471 e. The normalized spacial score (nSPS) is 15.4. The molecular formula is C19H29N3O3. The average Bonchev–Trinajstić information content (AvgIpc) is 2.97. The van der Waals surface area contributed by atoms with Crippen molar-refractivity contribution in [1.29, 1.82) is 0 Å². The minimum absolute atomic E-state index is 0.218. The Labute approximate surface area is 149 Å². The van der Waals surface area contributed by atoms with Gasteiger partial charge >= 0.3 is 6.03 Å². The second-order valence-electron chi connectivity index (χ2n) is 6.69. The lowest BCUT2D eigenvalue weighted by Gasteiger charge is -2.20. The molecule has 1 unspecified atom stereocenters. The van der Waals surface area contributed by atoms with E-state index in [2.05, 4.69) is 24.5 Å². The van der Waals surface area contributed by atoms with Crippen LogP contribution in [0.5, 0.6) is 5.75 Å². The molecule has 0 saturated carbocycles. The van der Waals surface area contributed by atoms with Gasteiger partial charge in [0.15, 0.2) is 6.23 Å². The molecule has 0 radical (unpaired) electrons. The van der Waals surface area contributed by atoms with E-state index in [-0.39, 0.29) is 11.9 Å². The summed E-state index contributed by atoms with van der Waals surface area (Å²) in [5, 5.41) is 5.59. The number of hydrogen-bond donors (Lipinski definition) is 2. The fourth-order valence-corrected chi connectivity index (χ4v) is 2.93. The number of ether oxygens (including phenoxy) is 1. The Kier molecular flexibility index (Phi) is 7.10. The van der Waals surface area contributed by atoms with Crippen molar-refractivity contribution in [3.05, 3.63) is 29.8 Å². The second-order valence-corrected chi connectivity index (χ2v) is 6.69. The van der Waals surface area contributed by atoms with Crippen molar-refractivity contribution in [3.63, 3.8) is 0 Å². The molecule has 6 heteroatoms. The van der Waals surface area contributed by atoms with E-state index in [1.807, 2.05) is 29.2 Å². The van der Waals surface area contributed by atoms with Gasteiger partial charge in [-0.25, -0.2) is 4.79 Å². The summed E-state index contributed by atoms with van der Waals surface area (Å²) in [6.45, 7) is 8.10. The number of carbonyl (C=O) groups is 2. The Morgan fingerprint density at radius 3 is 2.72 bits per heavy atom. The number of benzene rings is 1. The Hall–Kier alpha value is -2.24. The first-order valence-corrected chi connectivity index (χ1v) is 9.05. The summed E-state index contributed by atoms with van der Waals surface area (Å²) in [5.74, 6) is 1.36. The van der Waals surface area contributed by atoms with Crippen molar-refractivity contribution in [3.8, 4) is 5.75 Å². The van der Waals surface area contributed by atoms with Gasteiger partial charge in [-0.2, -0.15) is 0 Å². The molecule has 0 bridgehead atoms. The Morgan fingerprint density at radius 2 is 2.04 bits per heavy atom. The molecule has 1 aromatic rings. The van der Waals surface area contributed by atoms with E-state index in [1.165, 1.54) is 0 Å². The molecule has 6 nitrogen and oxygen atoms in total. The number of rotatable bonds is 8. The number of likely N-dealkylation sites (tertiary alicyclic amines) is 1. The summed E-state index contributed by atoms with van der Waals surface area (Å²) in [7, 11) is 0. The number of hydrogen-bond acceptors (Lipinski definition) is 3. The molecule has 3 amide bonds. The molecule has 1 heterocycles. The summed E-state index contributed by atoms with van der Waals surface area (Å²) in [6.07, 6.45) is 1.92. The molecule has 1 aromatic carbocycles. The maximum absolute atomic E-state index is 11.9. The van der Waals surface area contributed by atoms with Gasteiger partial charge in [0.05, 0.1) is 0 Å². The van der Waals surface area contributed by atoms with Crippen molar-refractivity contribution in [2.75, 3.05) is 19.6 Å². The lowest BCUT2D eigenvalue weighted by atomic mass is 10.0. The molecule has 1 fully saturated rings. The van der Waals surface area contributed by atoms with Gasteiger partial charge in [0.1, 0.15) is 5.75 Å². The molecule has 0 spiro atoms. The molecule has 0 aliphatic carbocycles. The zero-order valence-corrected chi connectivity index (χ0v) is 15.4. The SMILES string of the molecule is CC(NC(=O)NCCCN1CCCC1=O)Oc1ccccc1C(C)C. The Balaban J connectivity index is 1.69. The first kappa shape index (κ1) is 19.1. The van der Waals surface area contributed by atoms with E-state index in [9.17, 15) is 9.59 Å². The monoisotopic (exact) mass is 347 g/mol. The third-order valence-electron chi connectivity index (χ3n) is 4.24. The van der Waals surface area contributed by atoms with Crippen LogP contribution in [0.3, 0.4) is 0 Å². The van der Waals surface area contributed by atoms with Crippen LogP contribution in [0.1, 0.15) is 51.5 Å². The highest BCUT2D eigenvalue weighted by molar-refractivity contribution is 5.78. The lowest BCUT2D eigenvalue weighted by Crippen LogP contribution is -2.44. The van der Waals surface area contributed by atoms with Crippen molar-refractivity contribution in [2.45, 2.75) is 52.2 Å². The molecule has 1 aliphatic heterocycles. The summed E-state index contributed by atoms with van der Waals surface area (Å²) in [6, 6.07) is 7.60. The van der Waals surface area contributed by atoms with Gasteiger partial charge in [-0.1, -0.05) is 32.0 Å². The molecule has 1 atom stereocenters. The van der Waals surface area contributed by atoms with Crippen molar-refractivity contribution in [2.24, 2.45) is 0 Å². The summed E-state index contributed by atoms with van der Waals surface area (Å²) in [4.78, 5) is 25.3. The summed E-state index contributed by atoms with van der Waals surface area (Å²) < 4.78 is 5.85. The number of amides is 3. The summed E-state index contributed by atoms with van der Waals surface area (Å²) in [5.41, 5.74) is 1.12. The van der Waals surface area contributed by atoms with Gasteiger partial charge in [-0.3, -0.25) is 4.79 Å². The van der Waals surface area contributed by atoms with Gasteiger partial charge in [0.2, 0.25) is 5.91 Å². The van der Waals surface area contributed by atoms with E-state index < -0.39 is 6.23 Å². The van der Waals surface area contributed by atoms with Crippen molar-refractivity contribution >= 4 is 11.9 Å². The van der Waals surface area contributed by atoms with Crippen LogP contribution in [-0.4, -0.2) is 42.7 Å². The van der Waals surface area contributed by atoms with Crippen LogP contribution in [0.15, 0.2) is 24.3 Å². The molecule has 0 aromatic heterocycles. The topological polar surface area (TPSA) is 70.7 Å². The van der Waals surface area contributed by atoms with Gasteiger partial charge in [-0.05, 0) is 37.3 Å². The smallest absolute Gasteiger partial charge is 0.317 e. The molecular weight excluding hydrogens is 318 g/mol. The van der Waals surface area contributed by atoms with E-state index in [0.29, 0.717) is 25.4 Å². The lowest BCUT2D eigenvalue weighted by molar-refractivity contribution is -0.127. The van der Waals surface area contributed by atoms with Crippen molar-refractivity contribution < 1.29 is 14.3 Å². The van der Waals surface area contributed by atoms with Crippen LogP contribution in [0, 0.1) is 0 Å². The highest BCUT2D eigenvalue weighted by Gasteiger charge is 2.19. The number of para-hydroxylation sites is 1. The first-order chi connectivity index (χ1) is 12.0. The van der Waals surface area contributed by atoms with Crippen LogP contribution in [0.25, 0.3) is 0 Å². The van der Waals surface area contributed by atoms with Crippen LogP contribution < -0.4 is 15.4 Å². The summed E-state index contributed by atoms with van der Waals surface area (Å²) >= 11 is 0. The molecule has 1 saturated heterocycles. The zero-order valence-electron chi connectivity index (χ0n) is 15.4. The Bertz CT molecular complexity index is 589. The maximum Gasteiger partial charge on any atom is 0.317 e. The number of nitrogens with zero attached hydrogens (tertiary/aromatic N) is 1. The largest absolute Gasteiger partial charge is 0.471 e. The van der Waals surface area contributed by atoms with E-state index in [1.54, 1.807) is 6.92 Å². The molecule has 138 valence electrons. The van der Waals surface area contributed by atoms with E-state index in [4.69, 9.17) is 4.74 Å². The Morgan fingerprint density at radius 1 is 1.28 bits per heavy atom. The van der Waals surface area contributed by atoms with Gasteiger partial charge in [0, 0.05) is 26.1 Å². The third-order valence-corrected chi connectivity index (χ3v) is 4.24. The number of carbonyl (C=O) groups excluding carboxylic acids is 2. The predicted molar refractivity (Wildman–Crippen MR) is 97.6 cm³/mol. The van der Waals surface area contributed by atoms with Crippen LogP contribution >= 0.6 is 0 Å². The van der Waals surface area contributed by atoms with Gasteiger partial charge < -0.3 is 20.3 Å². The van der Waals surface area contributed by atoms with Crippen molar-refractivity contribution in [1.82, 2.24) is 15.5 Å². The van der Waals surface area contributed by atoms with Crippen LogP contribution in [0.4, 0.5) is 4.79 Å². The highest BCUT2D eigenvalue weighted by Crippen LogP contribution is 2.26. The highest BCUT2D eigenvalue weighted by atomic mass is 16.5. The maximum atomic E-state index is 11.9. The average molecular weight is 347 g/mol. The number of nitrogens with one attached hydrogen (secondary N) is 2. The molecule has 2 rings (SSSR count). The molecule has 2 N–H and O–H groups in total. The standard InChI is InChI=1S/C19H29N3O3/c1-14(2)16-8-4-5-9-17(16)25-15(3)21-19(24)20-11-7-13-22-12-6-10-18(22)23/h4-5,8-9,14-15H,6-7,10-13H2,1-3H3,(H2,20,21,24). The molecule has 25 heavy (non-hydrogen) atoms. The minimum atomic E-state index is -0.431. The van der Waals surface area contributed by atoms with Crippen LogP contribution in [-0.2, 0) is 4.79 Å². The quantitative estimate of drug-likeness (QED) is 0.561. The van der Waals surface area contributed by atoms with Gasteiger partial charge in [0.25, 0.3) is 0 Å². The first-order valence-electron chi connectivity index (χ1n) is 9.05. The van der Waals surface area contributed by atoms with E-state index in [0.717, 1.165) is 30.7 Å². The fourth-order valence-electron chi connectivity index (χ4n) is 2.93. The second kappa shape index (κ2) is 9.30. The molecule has 1 aliphatic rings. The van der Waals surface area contributed by atoms with E-state index >= 15 is 0 Å². The third kappa shape index (κ3) is 5.96. The van der Waals surface area contributed by atoms with Gasteiger partial charge in [-0.15, -0.1) is 0 Å². The fraction of sp³-hybridized carbons (Fsp3) is 0.579. The predicted octanol–water partition coefficient (Wildman–Crippen LogP) is 2.85. The van der Waals surface area contributed by atoms with Crippen LogP contribution in [0.2, 0.25) is 0 Å².